The Balaban J connectivity index is 2.20. The van der Waals surface area contributed by atoms with Crippen LogP contribution in [0.25, 0.3) is 0 Å². The van der Waals surface area contributed by atoms with Crippen LogP contribution >= 0.6 is 0 Å². The minimum atomic E-state index is 0.354. The highest BCUT2D eigenvalue weighted by Gasteiger charge is 2.17. The van der Waals surface area contributed by atoms with Crippen LogP contribution in [0.3, 0.4) is 0 Å². The topological polar surface area (TPSA) is 54.3 Å². The van der Waals surface area contributed by atoms with Gasteiger partial charge in [0, 0.05) is 19.3 Å². The molecule has 0 unspecified atom stereocenters. The third-order valence-electron chi connectivity index (χ3n) is 2.94. The molecular weight excluding hydrogens is 216 g/mol. The van der Waals surface area contributed by atoms with Gasteiger partial charge in [0.15, 0.2) is 0 Å². The summed E-state index contributed by atoms with van der Waals surface area (Å²) in [4.78, 5) is 0. The zero-order valence-corrected chi connectivity index (χ0v) is 9.90. The van der Waals surface area contributed by atoms with Gasteiger partial charge in [-0.1, -0.05) is 6.07 Å². The minimum Gasteiger partial charge on any atom is -0.495 e. The third-order valence-corrected chi connectivity index (χ3v) is 2.94. The Kier molecular flexibility index (Phi) is 3.84. The molecule has 0 aliphatic carbocycles. The number of nitriles is 1. The summed E-state index contributed by atoms with van der Waals surface area (Å²) in [6, 6.07) is 8.03. The number of hydrogen-bond acceptors (Lipinski definition) is 4. The molecule has 1 aromatic rings. The SMILES string of the molecule is COc1cccc(C#N)c1NC1CCOCC1. The first-order valence-corrected chi connectivity index (χ1v) is 5.76. The van der Waals surface area contributed by atoms with E-state index in [-0.39, 0.29) is 0 Å². The summed E-state index contributed by atoms with van der Waals surface area (Å²) >= 11 is 0. The fourth-order valence-electron chi connectivity index (χ4n) is 1.99. The number of ether oxygens (including phenoxy) is 2. The second-order valence-corrected chi connectivity index (χ2v) is 4.03. The van der Waals surface area contributed by atoms with E-state index in [9.17, 15) is 0 Å². The maximum Gasteiger partial charge on any atom is 0.143 e. The van der Waals surface area contributed by atoms with E-state index in [1.165, 1.54) is 0 Å². The number of para-hydroxylation sites is 1. The van der Waals surface area contributed by atoms with Gasteiger partial charge in [0.1, 0.15) is 11.8 Å². The van der Waals surface area contributed by atoms with Crippen molar-refractivity contribution in [3.8, 4) is 11.8 Å². The molecule has 1 saturated heterocycles. The summed E-state index contributed by atoms with van der Waals surface area (Å²) in [6.07, 6.45) is 1.92. The van der Waals surface area contributed by atoms with Crippen molar-refractivity contribution in [1.82, 2.24) is 0 Å². The standard InChI is InChI=1S/C13H16N2O2/c1-16-12-4-2-3-10(9-14)13(12)15-11-5-7-17-8-6-11/h2-4,11,15H,5-8H2,1H3. The van der Waals surface area contributed by atoms with Crippen LogP contribution in [-0.2, 0) is 4.74 Å². The van der Waals surface area contributed by atoms with Crippen LogP contribution in [0.2, 0.25) is 0 Å². The van der Waals surface area contributed by atoms with Crippen molar-refractivity contribution in [1.29, 1.82) is 5.26 Å². The molecule has 1 fully saturated rings. The van der Waals surface area contributed by atoms with Crippen LogP contribution in [0, 0.1) is 11.3 Å². The lowest BCUT2D eigenvalue weighted by Gasteiger charge is -2.25. The van der Waals surface area contributed by atoms with E-state index >= 15 is 0 Å². The van der Waals surface area contributed by atoms with Crippen LogP contribution in [0.15, 0.2) is 18.2 Å². The number of hydrogen-bond donors (Lipinski definition) is 1. The lowest BCUT2D eigenvalue weighted by molar-refractivity contribution is 0.0904. The van der Waals surface area contributed by atoms with Gasteiger partial charge in [-0.2, -0.15) is 5.26 Å². The average Bonchev–Trinajstić information content (AvgIpc) is 2.40. The molecule has 0 spiro atoms. The summed E-state index contributed by atoms with van der Waals surface area (Å²) in [5.41, 5.74) is 1.42. The summed E-state index contributed by atoms with van der Waals surface area (Å²) in [5.74, 6) is 0.718. The quantitative estimate of drug-likeness (QED) is 0.867. The number of anilines is 1. The average molecular weight is 232 g/mol. The van der Waals surface area contributed by atoms with Gasteiger partial charge in [0.2, 0.25) is 0 Å². The van der Waals surface area contributed by atoms with Crippen molar-refractivity contribution in [3.63, 3.8) is 0 Å². The molecule has 0 amide bonds. The van der Waals surface area contributed by atoms with E-state index < -0.39 is 0 Å². The molecule has 0 radical (unpaired) electrons. The van der Waals surface area contributed by atoms with E-state index in [0.717, 1.165) is 37.5 Å². The van der Waals surface area contributed by atoms with Crippen molar-refractivity contribution in [2.24, 2.45) is 0 Å². The maximum atomic E-state index is 9.10. The van der Waals surface area contributed by atoms with Gasteiger partial charge in [-0.05, 0) is 25.0 Å². The Morgan fingerprint density at radius 2 is 2.18 bits per heavy atom. The lowest BCUT2D eigenvalue weighted by Crippen LogP contribution is -2.28. The van der Waals surface area contributed by atoms with Crippen LogP contribution in [0.4, 0.5) is 5.69 Å². The monoisotopic (exact) mass is 232 g/mol. The molecule has 0 aromatic heterocycles. The third kappa shape index (κ3) is 2.69. The molecule has 1 heterocycles. The molecule has 90 valence electrons. The molecule has 2 rings (SSSR count). The van der Waals surface area contributed by atoms with Crippen molar-refractivity contribution in [2.45, 2.75) is 18.9 Å². The first-order valence-electron chi connectivity index (χ1n) is 5.76. The number of rotatable bonds is 3. The Morgan fingerprint density at radius 1 is 1.41 bits per heavy atom. The van der Waals surface area contributed by atoms with Crippen LogP contribution in [0.1, 0.15) is 18.4 Å². The number of benzene rings is 1. The molecular formula is C13H16N2O2. The smallest absolute Gasteiger partial charge is 0.143 e. The summed E-state index contributed by atoms with van der Waals surface area (Å²) < 4.78 is 10.6. The highest BCUT2D eigenvalue weighted by Crippen LogP contribution is 2.29. The second kappa shape index (κ2) is 5.55. The summed E-state index contributed by atoms with van der Waals surface area (Å²) in [6.45, 7) is 1.55. The number of methoxy groups -OCH3 is 1. The summed E-state index contributed by atoms with van der Waals surface area (Å²) in [5, 5.41) is 12.5. The van der Waals surface area contributed by atoms with E-state index in [0.29, 0.717) is 11.6 Å². The van der Waals surface area contributed by atoms with Gasteiger partial charge < -0.3 is 14.8 Å². The molecule has 1 N–H and O–H groups in total. The normalized spacial score (nSPS) is 16.2. The first-order chi connectivity index (χ1) is 8.35. The molecule has 1 aliphatic heterocycles. The van der Waals surface area contributed by atoms with Crippen molar-refractivity contribution >= 4 is 5.69 Å². The van der Waals surface area contributed by atoms with Gasteiger partial charge in [-0.15, -0.1) is 0 Å². The largest absolute Gasteiger partial charge is 0.495 e. The van der Waals surface area contributed by atoms with Crippen LogP contribution in [-0.4, -0.2) is 26.4 Å². The Labute approximate surface area is 101 Å². The fraction of sp³-hybridized carbons (Fsp3) is 0.462. The van der Waals surface area contributed by atoms with Gasteiger partial charge in [-0.3, -0.25) is 0 Å². The first kappa shape index (κ1) is 11.7. The van der Waals surface area contributed by atoms with Crippen LogP contribution < -0.4 is 10.1 Å². The zero-order chi connectivity index (χ0) is 12.1. The van der Waals surface area contributed by atoms with Gasteiger partial charge in [0.25, 0.3) is 0 Å². The van der Waals surface area contributed by atoms with Gasteiger partial charge in [0.05, 0.1) is 18.4 Å². The van der Waals surface area contributed by atoms with Gasteiger partial charge >= 0.3 is 0 Å². The molecule has 0 bridgehead atoms. The predicted octanol–water partition coefficient (Wildman–Crippen LogP) is 2.16. The Hall–Kier alpha value is -1.73. The Bertz CT molecular complexity index is 420. The highest BCUT2D eigenvalue weighted by molar-refractivity contribution is 5.66. The zero-order valence-electron chi connectivity index (χ0n) is 9.90. The number of nitrogens with one attached hydrogen (secondary N) is 1. The van der Waals surface area contributed by atoms with Crippen molar-refractivity contribution in [2.75, 3.05) is 25.6 Å². The van der Waals surface area contributed by atoms with E-state index in [2.05, 4.69) is 11.4 Å². The molecule has 1 aliphatic rings. The van der Waals surface area contributed by atoms with Crippen LogP contribution in [0.5, 0.6) is 5.75 Å². The number of nitrogens with zero attached hydrogens (tertiary/aromatic N) is 1. The molecule has 4 heteroatoms. The molecule has 17 heavy (non-hydrogen) atoms. The van der Waals surface area contributed by atoms with Gasteiger partial charge in [-0.25, -0.2) is 0 Å². The predicted molar refractivity (Wildman–Crippen MR) is 65.2 cm³/mol. The lowest BCUT2D eigenvalue weighted by atomic mass is 10.1. The molecule has 0 atom stereocenters. The van der Waals surface area contributed by atoms with E-state index in [1.807, 2.05) is 12.1 Å². The van der Waals surface area contributed by atoms with E-state index in [1.54, 1.807) is 13.2 Å². The minimum absolute atomic E-state index is 0.354. The van der Waals surface area contributed by atoms with E-state index in [4.69, 9.17) is 14.7 Å². The summed E-state index contributed by atoms with van der Waals surface area (Å²) in [7, 11) is 1.62. The highest BCUT2D eigenvalue weighted by atomic mass is 16.5. The molecule has 0 saturated carbocycles. The molecule has 4 nitrogen and oxygen atoms in total. The van der Waals surface area contributed by atoms with Crippen molar-refractivity contribution in [3.05, 3.63) is 23.8 Å². The molecule has 1 aromatic carbocycles. The maximum absolute atomic E-state index is 9.10. The van der Waals surface area contributed by atoms with Crippen molar-refractivity contribution < 1.29 is 9.47 Å². The fourth-order valence-corrected chi connectivity index (χ4v) is 1.99. The Morgan fingerprint density at radius 3 is 2.82 bits per heavy atom. The second-order valence-electron chi connectivity index (χ2n) is 4.03.